The lowest BCUT2D eigenvalue weighted by Crippen LogP contribution is -1.92. The van der Waals surface area contributed by atoms with Gasteiger partial charge in [-0.2, -0.15) is 5.10 Å². The quantitative estimate of drug-likeness (QED) is 0.455. The van der Waals surface area contributed by atoms with Crippen LogP contribution in [-0.2, 0) is 0 Å². The fourth-order valence-corrected chi connectivity index (χ4v) is 2.05. The first kappa shape index (κ1) is 15.0. The molecule has 0 unspecified atom stereocenters. The van der Waals surface area contributed by atoms with E-state index in [1.54, 1.807) is 0 Å². The van der Waals surface area contributed by atoms with Crippen LogP contribution in [0, 0.1) is 11.6 Å². The summed E-state index contributed by atoms with van der Waals surface area (Å²) in [6.45, 7) is 0. The average molecular weight is 336 g/mol. The van der Waals surface area contributed by atoms with Crippen LogP contribution in [-0.4, -0.2) is 6.21 Å². The fourth-order valence-electron chi connectivity index (χ4n) is 1.45. The van der Waals surface area contributed by atoms with Crippen molar-refractivity contribution in [3.05, 3.63) is 62.6 Å². The maximum absolute atomic E-state index is 13.0. The summed E-state index contributed by atoms with van der Waals surface area (Å²) >= 11 is 17.5. The Morgan fingerprint density at radius 1 is 0.900 bits per heavy atom. The van der Waals surface area contributed by atoms with Gasteiger partial charge in [-0.1, -0.05) is 34.8 Å². The average Bonchev–Trinajstić information content (AvgIpc) is 2.34. The lowest BCUT2D eigenvalue weighted by molar-refractivity contribution is 0.583. The van der Waals surface area contributed by atoms with Gasteiger partial charge in [0, 0.05) is 11.6 Å². The summed E-state index contributed by atoms with van der Waals surface area (Å²) in [4.78, 5) is 0. The lowest BCUT2D eigenvalue weighted by atomic mass is 10.2. The third kappa shape index (κ3) is 3.82. The Hall–Kier alpha value is -1.36. The Morgan fingerprint density at radius 2 is 1.45 bits per heavy atom. The van der Waals surface area contributed by atoms with Gasteiger partial charge in [0.15, 0.2) is 0 Å². The zero-order chi connectivity index (χ0) is 14.7. The Kier molecular flexibility index (Phi) is 4.81. The number of halogens is 5. The molecule has 0 saturated carbocycles. The number of hydrazone groups is 1. The Balaban J connectivity index is 2.14. The molecule has 1 N–H and O–H groups in total. The van der Waals surface area contributed by atoms with Gasteiger partial charge in [0.05, 0.1) is 27.0 Å². The van der Waals surface area contributed by atoms with Crippen LogP contribution in [0.15, 0.2) is 35.4 Å². The molecule has 0 aromatic heterocycles. The van der Waals surface area contributed by atoms with Crippen LogP contribution in [0.3, 0.4) is 0 Å². The molecule has 2 nitrogen and oxygen atoms in total. The van der Waals surface area contributed by atoms with Crippen LogP contribution in [0.2, 0.25) is 15.1 Å². The second kappa shape index (κ2) is 6.39. The van der Waals surface area contributed by atoms with E-state index in [1.165, 1.54) is 18.3 Å². The van der Waals surface area contributed by atoms with Crippen molar-refractivity contribution in [2.45, 2.75) is 0 Å². The summed E-state index contributed by atoms with van der Waals surface area (Å²) in [6, 6.07) is 6.13. The summed E-state index contributed by atoms with van der Waals surface area (Å²) in [5.41, 5.74) is 3.41. The van der Waals surface area contributed by atoms with Gasteiger partial charge in [-0.25, -0.2) is 8.78 Å². The molecular weight excluding hydrogens is 329 g/mol. The monoisotopic (exact) mass is 334 g/mol. The molecule has 0 aliphatic carbocycles. The number of nitrogens with zero attached hydrogens (tertiary/aromatic N) is 1. The summed E-state index contributed by atoms with van der Waals surface area (Å²) in [6.07, 6.45) is 1.27. The number of hydrogen-bond donors (Lipinski definition) is 1. The molecule has 0 atom stereocenters. The van der Waals surface area contributed by atoms with E-state index in [9.17, 15) is 8.78 Å². The lowest BCUT2D eigenvalue weighted by Gasteiger charge is -2.04. The standard InChI is InChI=1S/C13H7Cl3F2N2/c14-11-4-10(5-12(15)13(11)16)20-19-6-7-1-8(17)3-9(18)2-7/h1-6,20H/b19-6+. The summed E-state index contributed by atoms with van der Waals surface area (Å²) in [7, 11) is 0. The van der Waals surface area contributed by atoms with Crippen molar-refractivity contribution in [3.8, 4) is 0 Å². The van der Waals surface area contributed by atoms with Gasteiger partial charge in [-0.15, -0.1) is 0 Å². The first-order chi connectivity index (χ1) is 9.45. The molecule has 0 radical (unpaired) electrons. The van der Waals surface area contributed by atoms with E-state index >= 15 is 0 Å². The van der Waals surface area contributed by atoms with E-state index in [4.69, 9.17) is 34.8 Å². The maximum Gasteiger partial charge on any atom is 0.126 e. The van der Waals surface area contributed by atoms with Crippen molar-refractivity contribution in [2.24, 2.45) is 5.10 Å². The molecule has 0 amide bonds. The van der Waals surface area contributed by atoms with E-state index in [0.29, 0.717) is 5.69 Å². The molecule has 2 aromatic rings. The molecule has 0 saturated heterocycles. The van der Waals surface area contributed by atoms with Crippen LogP contribution < -0.4 is 5.43 Å². The maximum atomic E-state index is 13.0. The normalized spacial score (nSPS) is 11.1. The van der Waals surface area contributed by atoms with Gasteiger partial charge < -0.3 is 0 Å². The molecule has 0 heterocycles. The third-order valence-corrected chi connectivity index (χ3v) is 3.47. The second-order valence-corrected chi connectivity index (χ2v) is 5.02. The molecule has 20 heavy (non-hydrogen) atoms. The van der Waals surface area contributed by atoms with Crippen molar-refractivity contribution in [1.29, 1.82) is 0 Å². The van der Waals surface area contributed by atoms with Crippen molar-refractivity contribution in [3.63, 3.8) is 0 Å². The van der Waals surface area contributed by atoms with E-state index < -0.39 is 11.6 Å². The largest absolute Gasteiger partial charge is 0.278 e. The molecule has 2 aromatic carbocycles. The van der Waals surface area contributed by atoms with Crippen molar-refractivity contribution < 1.29 is 8.78 Å². The first-order valence-electron chi connectivity index (χ1n) is 5.35. The summed E-state index contributed by atoms with van der Waals surface area (Å²) in [5, 5.41) is 4.63. The van der Waals surface area contributed by atoms with Crippen molar-refractivity contribution >= 4 is 46.7 Å². The topological polar surface area (TPSA) is 24.4 Å². The molecule has 0 aliphatic rings. The van der Waals surface area contributed by atoms with Gasteiger partial charge in [0.2, 0.25) is 0 Å². The van der Waals surface area contributed by atoms with E-state index in [1.807, 2.05) is 0 Å². The minimum atomic E-state index is -0.677. The van der Waals surface area contributed by atoms with Gasteiger partial charge in [-0.3, -0.25) is 5.43 Å². The zero-order valence-corrected chi connectivity index (χ0v) is 12.1. The van der Waals surface area contributed by atoms with E-state index in [0.717, 1.165) is 18.2 Å². The Labute approximate surface area is 129 Å². The van der Waals surface area contributed by atoms with Crippen molar-refractivity contribution in [1.82, 2.24) is 0 Å². The summed E-state index contributed by atoms with van der Waals surface area (Å²) in [5.74, 6) is -1.35. The van der Waals surface area contributed by atoms with Crippen LogP contribution >= 0.6 is 34.8 Å². The van der Waals surface area contributed by atoms with Crippen LogP contribution in [0.5, 0.6) is 0 Å². The molecule has 0 spiro atoms. The highest BCUT2D eigenvalue weighted by Crippen LogP contribution is 2.33. The van der Waals surface area contributed by atoms with Crippen molar-refractivity contribution in [2.75, 3.05) is 5.43 Å². The molecule has 7 heteroatoms. The number of rotatable bonds is 3. The minimum absolute atomic E-state index is 0.245. The first-order valence-corrected chi connectivity index (χ1v) is 6.49. The number of nitrogens with one attached hydrogen (secondary N) is 1. The molecule has 0 bridgehead atoms. The van der Waals surface area contributed by atoms with E-state index in [2.05, 4.69) is 10.5 Å². The fraction of sp³-hybridized carbons (Fsp3) is 0. The molecule has 2 rings (SSSR count). The SMILES string of the molecule is Fc1cc(F)cc(/C=N/Nc2cc(Cl)c(Cl)c(Cl)c2)c1. The predicted molar refractivity (Wildman–Crippen MR) is 79.0 cm³/mol. The highest BCUT2D eigenvalue weighted by Gasteiger charge is 2.05. The third-order valence-electron chi connectivity index (χ3n) is 2.28. The van der Waals surface area contributed by atoms with Crippen LogP contribution in [0.25, 0.3) is 0 Å². The molecule has 0 fully saturated rings. The number of benzene rings is 2. The zero-order valence-electron chi connectivity index (χ0n) is 9.80. The second-order valence-electron chi connectivity index (χ2n) is 3.83. The highest BCUT2D eigenvalue weighted by molar-refractivity contribution is 6.48. The molecule has 104 valence electrons. The summed E-state index contributed by atoms with van der Waals surface area (Å²) < 4.78 is 25.9. The van der Waals surface area contributed by atoms with Gasteiger partial charge in [0.1, 0.15) is 11.6 Å². The van der Waals surface area contributed by atoms with Crippen LogP contribution in [0.1, 0.15) is 5.56 Å². The number of anilines is 1. The number of hydrogen-bond acceptors (Lipinski definition) is 2. The Bertz CT molecular complexity index is 631. The predicted octanol–water partition coefficient (Wildman–Crippen LogP) is 5.37. The van der Waals surface area contributed by atoms with Gasteiger partial charge >= 0.3 is 0 Å². The molecular formula is C13H7Cl3F2N2. The van der Waals surface area contributed by atoms with E-state index in [-0.39, 0.29) is 20.6 Å². The Morgan fingerprint density at radius 3 is 2.00 bits per heavy atom. The minimum Gasteiger partial charge on any atom is -0.278 e. The molecule has 0 aliphatic heterocycles. The smallest absolute Gasteiger partial charge is 0.126 e. The van der Waals surface area contributed by atoms with Gasteiger partial charge in [0.25, 0.3) is 0 Å². The highest BCUT2D eigenvalue weighted by atomic mass is 35.5. The van der Waals surface area contributed by atoms with Gasteiger partial charge in [-0.05, 0) is 24.3 Å². The van der Waals surface area contributed by atoms with Crippen LogP contribution in [0.4, 0.5) is 14.5 Å².